The highest BCUT2D eigenvalue weighted by Gasteiger charge is 2.32. The zero-order valence-corrected chi connectivity index (χ0v) is 18.3. The fraction of sp³-hybridized carbons (Fsp3) is 0.591. The summed E-state index contributed by atoms with van der Waals surface area (Å²) in [5.41, 5.74) is 0.878. The number of hydrogen-bond acceptors (Lipinski definition) is 6. The van der Waals surface area contributed by atoms with E-state index in [0.717, 1.165) is 31.2 Å². The Morgan fingerprint density at radius 3 is 2.32 bits per heavy atom. The van der Waals surface area contributed by atoms with Crippen LogP contribution in [0.2, 0.25) is 0 Å². The second-order valence-corrected chi connectivity index (χ2v) is 7.81. The maximum Gasteiger partial charge on any atom is 0.323 e. The van der Waals surface area contributed by atoms with Crippen molar-refractivity contribution in [1.29, 1.82) is 0 Å². The molecule has 0 heterocycles. The third-order valence-electron chi connectivity index (χ3n) is 5.64. The van der Waals surface area contributed by atoms with Crippen molar-refractivity contribution in [2.75, 3.05) is 20.8 Å². The summed E-state index contributed by atoms with van der Waals surface area (Å²) >= 11 is 0. The Morgan fingerprint density at radius 1 is 1.13 bits per heavy atom. The lowest BCUT2D eigenvalue weighted by molar-refractivity contribution is -0.148. The number of carboxylic acids is 2. The molecule has 1 amide bonds. The predicted molar refractivity (Wildman–Crippen MR) is 113 cm³/mol. The van der Waals surface area contributed by atoms with Crippen molar-refractivity contribution >= 4 is 17.8 Å². The summed E-state index contributed by atoms with van der Waals surface area (Å²) < 4.78 is 10.5. The second-order valence-electron chi connectivity index (χ2n) is 7.81. The number of aliphatic carboxylic acids is 2. The van der Waals surface area contributed by atoms with Crippen LogP contribution >= 0.6 is 0 Å². The van der Waals surface area contributed by atoms with Gasteiger partial charge in [0.2, 0.25) is 5.91 Å². The monoisotopic (exact) mass is 436 g/mol. The van der Waals surface area contributed by atoms with Crippen LogP contribution in [0.25, 0.3) is 0 Å². The molecule has 1 saturated carbocycles. The Labute approximate surface area is 182 Å². The summed E-state index contributed by atoms with van der Waals surface area (Å²) in [6.07, 6.45) is 4.16. The Morgan fingerprint density at radius 2 is 1.77 bits per heavy atom. The largest absolute Gasteiger partial charge is 0.493 e. The molecule has 0 unspecified atom stereocenters. The molecule has 0 aliphatic heterocycles. The van der Waals surface area contributed by atoms with Gasteiger partial charge in [-0.15, -0.1) is 0 Å². The Hall–Kier alpha value is -2.81. The topological polar surface area (TPSA) is 125 Å². The molecule has 0 saturated heterocycles. The quantitative estimate of drug-likeness (QED) is 0.454. The van der Waals surface area contributed by atoms with Crippen molar-refractivity contribution in [2.45, 2.75) is 63.6 Å². The standard InChI is InChI=1S/C22H32N2O7/c1-14(21(27)24(13-20(25)26)16-6-4-5-7-16)23-17(22(28)29)10-8-15-9-11-18(30-2)19(12-15)31-3/h9,11-12,14,16-17,23H,4-8,10,13H2,1-3H3,(H,25,26)(H,28,29)/t14-,17-/m0/s1. The number of carbonyl (C=O) groups excluding carboxylic acids is 1. The average molecular weight is 437 g/mol. The second kappa shape index (κ2) is 11.5. The highest BCUT2D eigenvalue weighted by atomic mass is 16.5. The molecule has 0 spiro atoms. The van der Waals surface area contributed by atoms with Crippen molar-refractivity contribution in [3.63, 3.8) is 0 Å². The van der Waals surface area contributed by atoms with E-state index in [9.17, 15) is 24.6 Å². The van der Waals surface area contributed by atoms with E-state index in [0.29, 0.717) is 17.9 Å². The molecule has 172 valence electrons. The fourth-order valence-electron chi connectivity index (χ4n) is 4.00. The maximum absolute atomic E-state index is 12.9. The minimum atomic E-state index is -1.07. The summed E-state index contributed by atoms with van der Waals surface area (Å²) in [6, 6.07) is 3.51. The van der Waals surface area contributed by atoms with E-state index in [2.05, 4.69) is 5.32 Å². The SMILES string of the molecule is COc1ccc(CC[C@H](N[C@@H](C)C(=O)N(CC(=O)O)C2CCCC2)C(=O)O)cc1OC. The molecule has 9 nitrogen and oxygen atoms in total. The normalized spacial score (nSPS) is 15.8. The van der Waals surface area contributed by atoms with E-state index in [1.165, 1.54) is 12.0 Å². The van der Waals surface area contributed by atoms with Gasteiger partial charge in [-0.2, -0.15) is 0 Å². The number of ether oxygens (including phenoxy) is 2. The minimum absolute atomic E-state index is 0.108. The first-order chi connectivity index (χ1) is 14.8. The van der Waals surface area contributed by atoms with Crippen molar-refractivity contribution < 1.29 is 34.1 Å². The number of hydrogen-bond donors (Lipinski definition) is 3. The number of aryl methyl sites for hydroxylation is 1. The van der Waals surface area contributed by atoms with Gasteiger partial charge in [0, 0.05) is 6.04 Å². The molecule has 9 heteroatoms. The van der Waals surface area contributed by atoms with Crippen LogP contribution in [0.1, 0.15) is 44.6 Å². The molecular weight excluding hydrogens is 404 g/mol. The van der Waals surface area contributed by atoms with Gasteiger partial charge in [-0.05, 0) is 50.3 Å². The summed E-state index contributed by atoms with van der Waals surface area (Å²) in [4.78, 5) is 37.3. The molecule has 1 aliphatic rings. The highest BCUT2D eigenvalue weighted by Crippen LogP contribution is 2.28. The first-order valence-corrected chi connectivity index (χ1v) is 10.5. The van der Waals surface area contributed by atoms with Crippen molar-refractivity contribution in [2.24, 2.45) is 0 Å². The maximum atomic E-state index is 12.9. The van der Waals surface area contributed by atoms with Crippen molar-refractivity contribution in [3.8, 4) is 11.5 Å². The van der Waals surface area contributed by atoms with Crippen molar-refractivity contribution in [3.05, 3.63) is 23.8 Å². The van der Waals surface area contributed by atoms with E-state index in [-0.39, 0.29) is 24.9 Å². The third-order valence-corrected chi connectivity index (χ3v) is 5.64. The third kappa shape index (κ3) is 6.85. The lowest BCUT2D eigenvalue weighted by atomic mass is 10.0. The first kappa shape index (κ1) is 24.5. The molecular formula is C22H32N2O7. The molecule has 1 aromatic carbocycles. The lowest BCUT2D eigenvalue weighted by Crippen LogP contribution is -2.54. The van der Waals surface area contributed by atoms with E-state index in [1.807, 2.05) is 6.07 Å². The lowest BCUT2D eigenvalue weighted by Gasteiger charge is -2.31. The summed E-state index contributed by atoms with van der Waals surface area (Å²) in [5, 5.41) is 21.7. The number of nitrogens with zero attached hydrogens (tertiary/aromatic N) is 1. The molecule has 31 heavy (non-hydrogen) atoms. The van der Waals surface area contributed by atoms with Gasteiger partial charge >= 0.3 is 11.9 Å². The molecule has 0 bridgehead atoms. The van der Waals surface area contributed by atoms with E-state index >= 15 is 0 Å². The van der Waals surface area contributed by atoms with Gasteiger partial charge in [0.05, 0.1) is 20.3 Å². The number of methoxy groups -OCH3 is 2. The van der Waals surface area contributed by atoms with Gasteiger partial charge in [0.15, 0.2) is 11.5 Å². The summed E-state index contributed by atoms with van der Waals surface area (Å²) in [5.74, 6) is -1.37. The van der Waals surface area contributed by atoms with Gasteiger partial charge in [-0.1, -0.05) is 18.9 Å². The van der Waals surface area contributed by atoms with Crippen LogP contribution in [0, 0.1) is 0 Å². The molecule has 0 radical (unpaired) electrons. The van der Waals surface area contributed by atoms with Crippen LogP contribution in [-0.2, 0) is 20.8 Å². The molecule has 1 aromatic rings. The molecule has 3 N–H and O–H groups in total. The average Bonchev–Trinajstić information content (AvgIpc) is 3.28. The molecule has 1 aliphatic carbocycles. The smallest absolute Gasteiger partial charge is 0.323 e. The number of benzene rings is 1. The number of nitrogens with one attached hydrogen (secondary N) is 1. The van der Waals surface area contributed by atoms with Crippen LogP contribution in [-0.4, -0.2) is 71.8 Å². The van der Waals surface area contributed by atoms with Crippen LogP contribution in [0.15, 0.2) is 18.2 Å². The van der Waals surface area contributed by atoms with Gasteiger partial charge < -0.3 is 24.6 Å². The van der Waals surface area contributed by atoms with Crippen LogP contribution < -0.4 is 14.8 Å². The van der Waals surface area contributed by atoms with E-state index in [4.69, 9.17) is 9.47 Å². The number of rotatable bonds is 12. The Balaban J connectivity index is 2.03. The summed E-state index contributed by atoms with van der Waals surface area (Å²) in [7, 11) is 3.07. The fourth-order valence-corrected chi connectivity index (χ4v) is 4.00. The number of carbonyl (C=O) groups is 3. The highest BCUT2D eigenvalue weighted by molar-refractivity contribution is 5.86. The zero-order valence-electron chi connectivity index (χ0n) is 18.3. The van der Waals surface area contributed by atoms with Crippen LogP contribution in [0.4, 0.5) is 0 Å². The number of amides is 1. The van der Waals surface area contributed by atoms with Gasteiger partial charge in [0.25, 0.3) is 0 Å². The van der Waals surface area contributed by atoms with E-state index in [1.54, 1.807) is 26.2 Å². The van der Waals surface area contributed by atoms with Gasteiger partial charge in [0.1, 0.15) is 12.6 Å². The molecule has 2 atom stereocenters. The molecule has 1 fully saturated rings. The predicted octanol–water partition coefficient (Wildman–Crippen LogP) is 1.92. The van der Waals surface area contributed by atoms with Crippen molar-refractivity contribution in [1.82, 2.24) is 10.2 Å². The molecule has 0 aromatic heterocycles. The number of carboxylic acid groups (broad SMARTS) is 2. The Kier molecular flexibility index (Phi) is 9.11. The van der Waals surface area contributed by atoms with Crippen LogP contribution in [0.5, 0.6) is 11.5 Å². The Bertz CT molecular complexity index is 777. The minimum Gasteiger partial charge on any atom is -0.493 e. The van der Waals surface area contributed by atoms with Gasteiger partial charge in [-0.25, -0.2) is 0 Å². The first-order valence-electron chi connectivity index (χ1n) is 10.5. The molecule has 2 rings (SSSR count). The van der Waals surface area contributed by atoms with E-state index < -0.39 is 24.0 Å². The van der Waals surface area contributed by atoms with Crippen LogP contribution in [0.3, 0.4) is 0 Å². The van der Waals surface area contributed by atoms with Gasteiger partial charge in [-0.3, -0.25) is 19.7 Å². The summed E-state index contributed by atoms with van der Waals surface area (Å²) in [6.45, 7) is 1.21. The zero-order chi connectivity index (χ0) is 23.0.